The van der Waals surface area contributed by atoms with E-state index in [-0.39, 0.29) is 5.69 Å². The molecule has 140 valence electrons. The number of ether oxygens (including phenoxy) is 1. The van der Waals surface area contributed by atoms with Crippen LogP contribution < -0.4 is 15.4 Å². The first-order valence-electron chi connectivity index (χ1n) is 8.25. The molecule has 0 fully saturated rings. The summed E-state index contributed by atoms with van der Waals surface area (Å²) in [5.41, 5.74) is 2.66. The maximum atomic E-state index is 12.6. The molecule has 0 spiro atoms. The summed E-state index contributed by atoms with van der Waals surface area (Å²) < 4.78 is 5.27. The van der Waals surface area contributed by atoms with Crippen LogP contribution in [0.2, 0.25) is 5.02 Å². The first kappa shape index (κ1) is 19.1. The molecule has 0 radical (unpaired) electrons. The van der Waals surface area contributed by atoms with Gasteiger partial charge in [0.2, 0.25) is 0 Å². The van der Waals surface area contributed by atoms with Crippen molar-refractivity contribution in [2.24, 2.45) is 0 Å². The van der Waals surface area contributed by atoms with E-state index in [4.69, 9.17) is 21.6 Å². The lowest BCUT2D eigenvalue weighted by Gasteiger charge is -2.12. The molecule has 28 heavy (non-hydrogen) atoms. The normalized spacial score (nSPS) is 10.1. The largest absolute Gasteiger partial charge is 0.495 e. The first-order valence-corrected chi connectivity index (χ1v) is 8.62. The third-order valence-electron chi connectivity index (χ3n) is 3.89. The fourth-order valence-electron chi connectivity index (χ4n) is 2.48. The Morgan fingerprint density at radius 1 is 1.21 bits per heavy atom. The molecule has 3 aromatic rings. The van der Waals surface area contributed by atoms with Crippen molar-refractivity contribution in [3.05, 3.63) is 70.6 Å². The molecule has 2 aromatic carbocycles. The highest BCUT2D eigenvalue weighted by atomic mass is 35.5. The minimum absolute atomic E-state index is 0.170. The molecule has 1 amide bonds. The van der Waals surface area contributed by atoms with Crippen LogP contribution in [0, 0.1) is 18.3 Å². The molecule has 2 N–H and O–H groups in total. The van der Waals surface area contributed by atoms with Crippen molar-refractivity contribution in [1.29, 1.82) is 5.26 Å². The van der Waals surface area contributed by atoms with Crippen molar-refractivity contribution in [3.63, 3.8) is 0 Å². The van der Waals surface area contributed by atoms with E-state index in [1.54, 1.807) is 36.4 Å². The quantitative estimate of drug-likeness (QED) is 0.669. The average Bonchev–Trinajstić information content (AvgIpc) is 2.70. The van der Waals surface area contributed by atoms with E-state index in [9.17, 15) is 4.79 Å². The molecule has 0 saturated carbocycles. The highest BCUT2D eigenvalue weighted by Crippen LogP contribution is 2.31. The Morgan fingerprint density at radius 3 is 2.79 bits per heavy atom. The number of carbonyl (C=O) groups excluding carboxylic acids is 1. The third kappa shape index (κ3) is 4.37. The lowest BCUT2D eigenvalue weighted by Crippen LogP contribution is -2.15. The molecular weight excluding hydrogens is 378 g/mol. The summed E-state index contributed by atoms with van der Waals surface area (Å²) in [6.07, 6.45) is 1.29. The standard InChI is InChI=1S/C20H16ClN5O2/c1-12-6-16(18(28-2)8-15(12)21)26-20(27)17-9-19(24-11-23-17)25-14-5-3-4-13(7-14)10-22/h3-9,11H,1-2H3,(H,26,27)(H,23,24,25). The predicted molar refractivity (Wildman–Crippen MR) is 107 cm³/mol. The maximum absolute atomic E-state index is 12.6. The van der Waals surface area contributed by atoms with E-state index < -0.39 is 5.91 Å². The molecule has 7 nitrogen and oxygen atoms in total. The second-order valence-corrected chi connectivity index (χ2v) is 6.27. The first-order chi connectivity index (χ1) is 13.5. The van der Waals surface area contributed by atoms with Gasteiger partial charge in [0.25, 0.3) is 5.91 Å². The number of amides is 1. The number of methoxy groups -OCH3 is 1. The number of nitriles is 1. The van der Waals surface area contributed by atoms with Gasteiger partial charge in [0.15, 0.2) is 0 Å². The lowest BCUT2D eigenvalue weighted by atomic mass is 10.2. The second kappa shape index (κ2) is 8.37. The Hall–Kier alpha value is -3.63. The van der Waals surface area contributed by atoms with Crippen LogP contribution in [0.25, 0.3) is 0 Å². The van der Waals surface area contributed by atoms with Crippen LogP contribution in [0.15, 0.2) is 48.8 Å². The Kier molecular flexibility index (Phi) is 5.72. The zero-order valence-electron chi connectivity index (χ0n) is 15.2. The van der Waals surface area contributed by atoms with Gasteiger partial charge in [-0.1, -0.05) is 17.7 Å². The Morgan fingerprint density at radius 2 is 2.04 bits per heavy atom. The van der Waals surface area contributed by atoms with Gasteiger partial charge >= 0.3 is 0 Å². The van der Waals surface area contributed by atoms with Crippen LogP contribution >= 0.6 is 11.6 Å². The lowest BCUT2D eigenvalue weighted by molar-refractivity contribution is 0.102. The molecule has 1 aromatic heterocycles. The fraction of sp³-hybridized carbons (Fsp3) is 0.100. The van der Waals surface area contributed by atoms with Crippen molar-refractivity contribution in [2.45, 2.75) is 6.92 Å². The van der Waals surface area contributed by atoms with Crippen molar-refractivity contribution >= 4 is 34.7 Å². The summed E-state index contributed by atoms with van der Waals surface area (Å²) in [5, 5.41) is 15.4. The number of hydrogen-bond donors (Lipinski definition) is 2. The summed E-state index contributed by atoms with van der Waals surface area (Å²) in [5.74, 6) is 0.454. The monoisotopic (exact) mass is 393 g/mol. The molecule has 1 heterocycles. The number of aryl methyl sites for hydroxylation is 1. The van der Waals surface area contributed by atoms with E-state index in [0.717, 1.165) is 5.56 Å². The smallest absolute Gasteiger partial charge is 0.274 e. The molecule has 0 bridgehead atoms. The number of nitrogens with zero attached hydrogens (tertiary/aromatic N) is 3. The minimum Gasteiger partial charge on any atom is -0.495 e. The summed E-state index contributed by atoms with van der Waals surface area (Å²) in [7, 11) is 1.50. The summed E-state index contributed by atoms with van der Waals surface area (Å²) >= 11 is 6.10. The van der Waals surface area contributed by atoms with E-state index in [1.165, 1.54) is 19.5 Å². The number of benzene rings is 2. The predicted octanol–water partition coefficient (Wildman–Crippen LogP) is 4.31. The zero-order valence-corrected chi connectivity index (χ0v) is 15.9. The molecule has 0 atom stereocenters. The zero-order chi connectivity index (χ0) is 20.1. The van der Waals surface area contributed by atoms with E-state index in [1.807, 2.05) is 6.92 Å². The van der Waals surface area contributed by atoms with Crippen LogP contribution in [0.4, 0.5) is 17.2 Å². The van der Waals surface area contributed by atoms with Gasteiger partial charge in [-0.25, -0.2) is 9.97 Å². The summed E-state index contributed by atoms with van der Waals surface area (Å²) in [6, 6.07) is 13.9. The number of aromatic nitrogens is 2. The van der Waals surface area contributed by atoms with Crippen molar-refractivity contribution in [1.82, 2.24) is 9.97 Å². The molecule has 0 aliphatic carbocycles. The van der Waals surface area contributed by atoms with Crippen LogP contribution in [0.5, 0.6) is 5.75 Å². The van der Waals surface area contributed by atoms with Gasteiger partial charge in [0.05, 0.1) is 24.4 Å². The number of rotatable bonds is 5. The van der Waals surface area contributed by atoms with Crippen molar-refractivity contribution in [2.75, 3.05) is 17.7 Å². The van der Waals surface area contributed by atoms with Gasteiger partial charge < -0.3 is 15.4 Å². The summed E-state index contributed by atoms with van der Waals surface area (Å²) in [4.78, 5) is 20.8. The second-order valence-electron chi connectivity index (χ2n) is 5.86. The van der Waals surface area contributed by atoms with Gasteiger partial charge in [0, 0.05) is 22.8 Å². The highest BCUT2D eigenvalue weighted by molar-refractivity contribution is 6.31. The number of anilines is 3. The SMILES string of the molecule is COc1cc(Cl)c(C)cc1NC(=O)c1cc(Nc2cccc(C#N)c2)ncn1. The average molecular weight is 394 g/mol. The molecule has 0 unspecified atom stereocenters. The van der Waals surface area contributed by atoms with Crippen LogP contribution in [-0.2, 0) is 0 Å². The molecule has 8 heteroatoms. The molecule has 0 aliphatic rings. The fourth-order valence-corrected chi connectivity index (χ4v) is 2.63. The minimum atomic E-state index is -0.420. The van der Waals surface area contributed by atoms with E-state index in [2.05, 4.69) is 26.7 Å². The molecule has 0 aliphatic heterocycles. The Labute approximate surface area is 167 Å². The van der Waals surface area contributed by atoms with E-state index in [0.29, 0.717) is 33.5 Å². The molecule has 3 rings (SSSR count). The molecule has 0 saturated heterocycles. The molecular formula is C20H16ClN5O2. The maximum Gasteiger partial charge on any atom is 0.274 e. The summed E-state index contributed by atoms with van der Waals surface area (Å²) in [6.45, 7) is 1.83. The Balaban J connectivity index is 1.81. The Bertz CT molecular complexity index is 1080. The number of carbonyl (C=O) groups is 1. The van der Waals surface area contributed by atoms with Crippen LogP contribution in [-0.4, -0.2) is 23.0 Å². The van der Waals surface area contributed by atoms with Crippen molar-refractivity contribution < 1.29 is 9.53 Å². The van der Waals surface area contributed by atoms with Crippen LogP contribution in [0.1, 0.15) is 21.6 Å². The van der Waals surface area contributed by atoms with Crippen LogP contribution in [0.3, 0.4) is 0 Å². The van der Waals surface area contributed by atoms with E-state index >= 15 is 0 Å². The number of nitrogens with one attached hydrogen (secondary N) is 2. The van der Waals surface area contributed by atoms with Gasteiger partial charge in [-0.05, 0) is 36.8 Å². The van der Waals surface area contributed by atoms with Gasteiger partial charge in [-0.3, -0.25) is 4.79 Å². The number of halogens is 1. The number of hydrogen-bond acceptors (Lipinski definition) is 6. The van der Waals surface area contributed by atoms with Gasteiger partial charge in [-0.15, -0.1) is 0 Å². The third-order valence-corrected chi connectivity index (χ3v) is 4.30. The van der Waals surface area contributed by atoms with Crippen molar-refractivity contribution in [3.8, 4) is 11.8 Å². The van der Waals surface area contributed by atoms with Gasteiger partial charge in [0.1, 0.15) is 23.6 Å². The highest BCUT2D eigenvalue weighted by Gasteiger charge is 2.14. The topological polar surface area (TPSA) is 99.9 Å². The van der Waals surface area contributed by atoms with Gasteiger partial charge in [-0.2, -0.15) is 5.26 Å².